The Morgan fingerprint density at radius 1 is 1.19 bits per heavy atom. The molecule has 3 heteroatoms. The summed E-state index contributed by atoms with van der Waals surface area (Å²) in [4.78, 5) is 15.2. The Bertz CT molecular complexity index is 529. The smallest absolute Gasteiger partial charge is 0.245 e. The first-order valence-electron chi connectivity index (χ1n) is 8.41. The number of nitrogens with zero attached hydrogens (tertiary/aromatic N) is 1. The predicted molar refractivity (Wildman–Crippen MR) is 82.5 cm³/mol. The van der Waals surface area contributed by atoms with Crippen molar-refractivity contribution in [2.75, 3.05) is 0 Å². The molecule has 3 aliphatic rings. The highest BCUT2D eigenvalue weighted by molar-refractivity contribution is 5.86. The van der Waals surface area contributed by atoms with Crippen LogP contribution in [0.4, 0.5) is 0 Å². The van der Waals surface area contributed by atoms with Crippen molar-refractivity contribution < 1.29 is 4.79 Å². The van der Waals surface area contributed by atoms with Crippen molar-refractivity contribution in [1.29, 1.82) is 0 Å². The molecule has 3 nitrogen and oxygen atoms in total. The average Bonchev–Trinajstić information content (AvgIpc) is 3.21. The van der Waals surface area contributed by atoms with E-state index in [0.29, 0.717) is 11.9 Å². The first-order valence-corrected chi connectivity index (χ1v) is 8.41. The maximum absolute atomic E-state index is 13.0. The van der Waals surface area contributed by atoms with E-state index in [0.717, 1.165) is 23.8 Å². The van der Waals surface area contributed by atoms with E-state index >= 15 is 0 Å². The van der Waals surface area contributed by atoms with Gasteiger partial charge in [-0.05, 0) is 43.1 Å². The maximum Gasteiger partial charge on any atom is 0.245 e. The van der Waals surface area contributed by atoms with Gasteiger partial charge in [-0.3, -0.25) is 10.1 Å². The number of hydrogen-bond acceptors (Lipinski definition) is 2. The van der Waals surface area contributed by atoms with Gasteiger partial charge in [0.05, 0.1) is 6.17 Å². The summed E-state index contributed by atoms with van der Waals surface area (Å²) in [6, 6.07) is 10.5. The Balaban J connectivity index is 1.60. The number of carbonyl (C=O) groups is 1. The second kappa shape index (κ2) is 5.13. The lowest BCUT2D eigenvalue weighted by atomic mass is 9.93. The van der Waals surface area contributed by atoms with Gasteiger partial charge in [0.2, 0.25) is 5.91 Å². The molecular weight excluding hydrogens is 260 g/mol. The summed E-state index contributed by atoms with van der Waals surface area (Å²) < 4.78 is 0. The molecule has 2 aliphatic carbocycles. The minimum absolute atomic E-state index is 0.143. The number of nitrogens with one attached hydrogen (secondary N) is 1. The van der Waals surface area contributed by atoms with Gasteiger partial charge in [-0.15, -0.1) is 0 Å². The molecule has 1 saturated heterocycles. The van der Waals surface area contributed by atoms with Crippen molar-refractivity contribution in [2.45, 2.75) is 57.3 Å². The van der Waals surface area contributed by atoms with Crippen LogP contribution in [-0.2, 0) is 4.79 Å². The number of hydrogen-bond donors (Lipinski definition) is 1. The molecule has 1 aliphatic heterocycles. The third-order valence-corrected chi connectivity index (χ3v) is 5.77. The van der Waals surface area contributed by atoms with Gasteiger partial charge in [0.1, 0.15) is 6.04 Å². The summed E-state index contributed by atoms with van der Waals surface area (Å²) in [5.74, 6) is 1.93. The standard InChI is InChI=1S/C18H24N2O/c1-2-16-19-17(13-6-4-3-5-7-13)18(21)20(16)15-11-12-8-9-14(15)10-12/h3-7,12,14-17,19H,2,8-11H2,1H3. The van der Waals surface area contributed by atoms with Gasteiger partial charge >= 0.3 is 0 Å². The first kappa shape index (κ1) is 13.3. The predicted octanol–water partition coefficient (Wildman–Crippen LogP) is 3.08. The Hall–Kier alpha value is -1.35. The molecule has 1 aromatic rings. The highest BCUT2D eigenvalue weighted by Gasteiger charge is 2.49. The molecule has 0 aromatic heterocycles. The van der Waals surface area contributed by atoms with Gasteiger partial charge in [0.25, 0.3) is 0 Å². The SMILES string of the molecule is CCC1NC(c2ccccc2)C(=O)N1C1CC2CCC1C2. The number of amides is 1. The highest BCUT2D eigenvalue weighted by atomic mass is 16.2. The number of benzene rings is 1. The monoisotopic (exact) mass is 284 g/mol. The lowest BCUT2D eigenvalue weighted by Gasteiger charge is -2.35. The molecule has 4 rings (SSSR count). The topological polar surface area (TPSA) is 32.3 Å². The molecule has 1 amide bonds. The van der Waals surface area contributed by atoms with E-state index < -0.39 is 0 Å². The van der Waals surface area contributed by atoms with Gasteiger partial charge in [0, 0.05) is 6.04 Å². The third kappa shape index (κ3) is 2.10. The van der Waals surface area contributed by atoms with Crippen LogP contribution in [0.2, 0.25) is 0 Å². The summed E-state index contributed by atoms with van der Waals surface area (Å²) in [6.07, 6.45) is 6.49. The molecule has 0 radical (unpaired) electrons. The zero-order valence-corrected chi connectivity index (χ0v) is 12.7. The third-order valence-electron chi connectivity index (χ3n) is 5.77. The second-order valence-electron chi connectivity index (χ2n) is 6.92. The summed E-state index contributed by atoms with van der Waals surface area (Å²) in [5, 5.41) is 3.57. The molecule has 1 heterocycles. The summed E-state index contributed by atoms with van der Waals surface area (Å²) in [7, 11) is 0. The quantitative estimate of drug-likeness (QED) is 0.925. The molecule has 2 saturated carbocycles. The fourth-order valence-electron chi connectivity index (χ4n) is 4.79. The van der Waals surface area contributed by atoms with Crippen LogP contribution in [0.15, 0.2) is 30.3 Å². The normalized spacial score (nSPS) is 38.4. The van der Waals surface area contributed by atoms with Crippen molar-refractivity contribution in [3.05, 3.63) is 35.9 Å². The first-order chi connectivity index (χ1) is 10.3. The lowest BCUT2D eigenvalue weighted by Crippen LogP contribution is -2.46. The average molecular weight is 284 g/mol. The number of rotatable bonds is 3. The molecule has 0 spiro atoms. The molecule has 21 heavy (non-hydrogen) atoms. The van der Waals surface area contributed by atoms with E-state index in [-0.39, 0.29) is 12.2 Å². The van der Waals surface area contributed by atoms with E-state index in [4.69, 9.17) is 0 Å². The minimum Gasteiger partial charge on any atom is -0.322 e. The van der Waals surface area contributed by atoms with Crippen LogP contribution < -0.4 is 5.32 Å². The maximum atomic E-state index is 13.0. The van der Waals surface area contributed by atoms with E-state index in [1.807, 2.05) is 18.2 Å². The Morgan fingerprint density at radius 3 is 2.62 bits per heavy atom. The van der Waals surface area contributed by atoms with Crippen LogP contribution >= 0.6 is 0 Å². The van der Waals surface area contributed by atoms with Crippen LogP contribution in [0.25, 0.3) is 0 Å². The highest BCUT2D eigenvalue weighted by Crippen LogP contribution is 2.48. The molecule has 3 fully saturated rings. The molecule has 1 N–H and O–H groups in total. The van der Waals surface area contributed by atoms with Gasteiger partial charge in [-0.25, -0.2) is 0 Å². The van der Waals surface area contributed by atoms with Gasteiger partial charge in [0.15, 0.2) is 0 Å². The van der Waals surface area contributed by atoms with Crippen LogP contribution in [0.1, 0.15) is 50.6 Å². The van der Waals surface area contributed by atoms with Crippen LogP contribution in [-0.4, -0.2) is 23.0 Å². The van der Waals surface area contributed by atoms with Crippen molar-refractivity contribution in [3.8, 4) is 0 Å². The lowest BCUT2D eigenvalue weighted by molar-refractivity contribution is -0.133. The molecule has 5 unspecified atom stereocenters. The molecule has 5 atom stereocenters. The van der Waals surface area contributed by atoms with Crippen molar-refractivity contribution in [2.24, 2.45) is 11.8 Å². The number of fused-ring (bicyclic) bond motifs is 2. The number of carbonyl (C=O) groups excluding carboxylic acids is 1. The van der Waals surface area contributed by atoms with Crippen molar-refractivity contribution >= 4 is 5.91 Å². The molecule has 112 valence electrons. The minimum atomic E-state index is -0.143. The van der Waals surface area contributed by atoms with E-state index in [2.05, 4.69) is 29.3 Å². The van der Waals surface area contributed by atoms with E-state index in [1.165, 1.54) is 25.7 Å². The summed E-state index contributed by atoms with van der Waals surface area (Å²) in [5.41, 5.74) is 1.10. The van der Waals surface area contributed by atoms with Crippen molar-refractivity contribution in [3.63, 3.8) is 0 Å². The van der Waals surface area contributed by atoms with Gasteiger partial charge in [-0.2, -0.15) is 0 Å². The van der Waals surface area contributed by atoms with Crippen LogP contribution in [0, 0.1) is 11.8 Å². The Labute approximate surface area is 126 Å². The van der Waals surface area contributed by atoms with E-state index in [9.17, 15) is 4.79 Å². The van der Waals surface area contributed by atoms with Crippen LogP contribution in [0.5, 0.6) is 0 Å². The molecular formula is C18H24N2O. The van der Waals surface area contributed by atoms with Crippen molar-refractivity contribution in [1.82, 2.24) is 10.2 Å². The zero-order chi connectivity index (χ0) is 14.4. The fraction of sp³-hybridized carbons (Fsp3) is 0.611. The molecule has 2 bridgehead atoms. The fourth-order valence-corrected chi connectivity index (χ4v) is 4.79. The Kier molecular flexibility index (Phi) is 3.26. The van der Waals surface area contributed by atoms with E-state index in [1.54, 1.807) is 0 Å². The zero-order valence-electron chi connectivity index (χ0n) is 12.7. The van der Waals surface area contributed by atoms with Gasteiger partial charge in [-0.1, -0.05) is 43.7 Å². The largest absolute Gasteiger partial charge is 0.322 e. The Morgan fingerprint density at radius 2 is 2.00 bits per heavy atom. The summed E-state index contributed by atoms with van der Waals surface area (Å²) >= 11 is 0. The molecule has 1 aromatic carbocycles. The summed E-state index contributed by atoms with van der Waals surface area (Å²) in [6.45, 7) is 2.18. The second-order valence-corrected chi connectivity index (χ2v) is 6.92. The van der Waals surface area contributed by atoms with Gasteiger partial charge < -0.3 is 4.90 Å². The van der Waals surface area contributed by atoms with Crippen LogP contribution in [0.3, 0.4) is 0 Å².